The molecule has 0 N–H and O–H groups in total. The van der Waals surface area contributed by atoms with Crippen LogP contribution in [-0.4, -0.2) is 20.0 Å². The van der Waals surface area contributed by atoms with Crippen LogP contribution in [0.3, 0.4) is 0 Å². The zero-order valence-electron chi connectivity index (χ0n) is 10.0. The lowest BCUT2D eigenvalue weighted by Gasteiger charge is -2.06. The van der Waals surface area contributed by atoms with E-state index in [1.807, 2.05) is 0 Å². The minimum Gasteiger partial charge on any atom is -0.275 e. The Hall–Kier alpha value is -2.43. The summed E-state index contributed by atoms with van der Waals surface area (Å²) in [7, 11) is 1.39. The maximum Gasteiger partial charge on any atom is 0.435 e. The molecule has 0 bridgehead atoms. The van der Waals surface area contributed by atoms with Gasteiger partial charge in [0.2, 0.25) is 0 Å². The lowest BCUT2D eigenvalue weighted by Crippen LogP contribution is -2.09. The third kappa shape index (κ3) is 2.40. The first-order chi connectivity index (χ1) is 8.82. The van der Waals surface area contributed by atoms with Crippen LogP contribution in [0.1, 0.15) is 17.0 Å². The fraction of sp³-hybridized carbons (Fsp3) is 0.273. The number of alkyl halides is 3. The van der Waals surface area contributed by atoms with Gasteiger partial charge >= 0.3 is 6.18 Å². The smallest absolute Gasteiger partial charge is 0.275 e. The fourth-order valence-corrected chi connectivity index (χ4v) is 1.68. The van der Waals surface area contributed by atoms with E-state index in [1.165, 1.54) is 19.3 Å². The quantitative estimate of drug-likeness (QED) is 0.793. The standard InChI is InChI=1S/C11H8F3N5/c1-6-3-7(4-15)16-17-9(6)8-5-19(2)18-10(8)11(12,13)14/h3,5H,1-2H3. The summed E-state index contributed by atoms with van der Waals surface area (Å²) >= 11 is 0. The second-order valence-corrected chi connectivity index (χ2v) is 3.94. The Kier molecular flexibility index (Phi) is 2.98. The van der Waals surface area contributed by atoms with Crippen LogP contribution in [-0.2, 0) is 13.2 Å². The third-order valence-electron chi connectivity index (χ3n) is 2.45. The number of rotatable bonds is 1. The van der Waals surface area contributed by atoms with E-state index in [4.69, 9.17) is 5.26 Å². The molecular formula is C11H8F3N5. The SMILES string of the molecule is Cc1cc(C#N)nnc1-c1cn(C)nc1C(F)(F)F. The van der Waals surface area contributed by atoms with Gasteiger partial charge in [-0.3, -0.25) is 4.68 Å². The number of aryl methyl sites for hydroxylation is 2. The minimum absolute atomic E-state index is 0.0544. The minimum atomic E-state index is -4.57. The molecule has 0 atom stereocenters. The van der Waals surface area contributed by atoms with E-state index in [-0.39, 0.29) is 17.0 Å². The van der Waals surface area contributed by atoms with Crippen molar-refractivity contribution in [1.82, 2.24) is 20.0 Å². The third-order valence-corrected chi connectivity index (χ3v) is 2.45. The predicted octanol–water partition coefficient (Wildman–Crippen LogP) is 2.08. The Morgan fingerprint density at radius 1 is 1.32 bits per heavy atom. The van der Waals surface area contributed by atoms with Gasteiger partial charge in [-0.25, -0.2) is 0 Å². The molecule has 0 radical (unpaired) electrons. The molecule has 5 nitrogen and oxygen atoms in total. The average Bonchev–Trinajstić information content (AvgIpc) is 2.70. The number of aromatic nitrogens is 4. The number of halogens is 3. The summed E-state index contributed by atoms with van der Waals surface area (Å²) in [5, 5.41) is 19.3. The highest BCUT2D eigenvalue weighted by atomic mass is 19.4. The van der Waals surface area contributed by atoms with Crippen LogP contribution >= 0.6 is 0 Å². The van der Waals surface area contributed by atoms with Crippen LogP contribution in [0.4, 0.5) is 13.2 Å². The maximum atomic E-state index is 12.8. The van der Waals surface area contributed by atoms with Crippen LogP contribution in [0, 0.1) is 18.3 Å². The molecule has 0 amide bonds. The summed E-state index contributed by atoms with van der Waals surface area (Å²) in [5.41, 5.74) is -0.607. The monoisotopic (exact) mass is 267 g/mol. The Morgan fingerprint density at radius 2 is 2.00 bits per heavy atom. The van der Waals surface area contributed by atoms with E-state index in [2.05, 4.69) is 15.3 Å². The molecule has 0 saturated carbocycles. The van der Waals surface area contributed by atoms with E-state index in [1.54, 1.807) is 13.0 Å². The van der Waals surface area contributed by atoms with Crippen molar-refractivity contribution in [2.24, 2.45) is 7.05 Å². The zero-order valence-corrected chi connectivity index (χ0v) is 10.0. The fourth-order valence-electron chi connectivity index (χ4n) is 1.68. The molecular weight excluding hydrogens is 259 g/mol. The molecule has 0 aliphatic carbocycles. The van der Waals surface area contributed by atoms with E-state index in [0.717, 1.165) is 4.68 Å². The van der Waals surface area contributed by atoms with Gasteiger partial charge in [-0.1, -0.05) is 0 Å². The molecule has 0 spiro atoms. The van der Waals surface area contributed by atoms with Crippen LogP contribution in [0.15, 0.2) is 12.3 Å². The Bertz CT molecular complexity index is 666. The molecule has 98 valence electrons. The largest absolute Gasteiger partial charge is 0.435 e. The predicted molar refractivity (Wildman–Crippen MR) is 58.7 cm³/mol. The summed E-state index contributed by atoms with van der Waals surface area (Å²) < 4.78 is 39.6. The van der Waals surface area contributed by atoms with E-state index in [9.17, 15) is 13.2 Å². The van der Waals surface area contributed by atoms with E-state index < -0.39 is 11.9 Å². The van der Waals surface area contributed by atoms with Gasteiger partial charge in [0, 0.05) is 13.2 Å². The van der Waals surface area contributed by atoms with E-state index in [0.29, 0.717) is 5.56 Å². The van der Waals surface area contributed by atoms with Gasteiger partial charge in [0.25, 0.3) is 0 Å². The topological polar surface area (TPSA) is 67.4 Å². The molecule has 0 aliphatic heterocycles. The Labute approximate surface area is 106 Å². The first-order valence-electron chi connectivity index (χ1n) is 5.18. The van der Waals surface area contributed by atoms with Gasteiger partial charge in [0.05, 0.1) is 11.3 Å². The van der Waals surface area contributed by atoms with Gasteiger partial charge in [0.15, 0.2) is 11.4 Å². The van der Waals surface area contributed by atoms with Crippen molar-refractivity contribution in [2.45, 2.75) is 13.1 Å². The lowest BCUT2D eigenvalue weighted by atomic mass is 10.1. The molecule has 8 heteroatoms. The van der Waals surface area contributed by atoms with Crippen molar-refractivity contribution in [1.29, 1.82) is 5.26 Å². The highest BCUT2D eigenvalue weighted by Gasteiger charge is 2.38. The van der Waals surface area contributed by atoms with Crippen LogP contribution in [0.2, 0.25) is 0 Å². The molecule has 0 aliphatic rings. The molecule has 0 unspecified atom stereocenters. The van der Waals surface area contributed by atoms with Crippen molar-refractivity contribution in [3.63, 3.8) is 0 Å². The summed E-state index contributed by atoms with van der Waals surface area (Å²) in [4.78, 5) is 0. The van der Waals surface area contributed by atoms with Crippen molar-refractivity contribution < 1.29 is 13.2 Å². The second-order valence-electron chi connectivity index (χ2n) is 3.94. The first-order valence-corrected chi connectivity index (χ1v) is 5.18. The van der Waals surface area contributed by atoms with Crippen molar-refractivity contribution in [3.05, 3.63) is 29.2 Å². The number of nitrogens with zero attached hydrogens (tertiary/aromatic N) is 5. The van der Waals surface area contributed by atoms with E-state index >= 15 is 0 Å². The number of hydrogen-bond donors (Lipinski definition) is 0. The van der Waals surface area contributed by atoms with Gasteiger partial charge in [0.1, 0.15) is 6.07 Å². The van der Waals surface area contributed by atoms with Gasteiger partial charge in [-0.2, -0.15) is 23.5 Å². The molecule has 2 heterocycles. The molecule has 2 aromatic rings. The van der Waals surface area contributed by atoms with Gasteiger partial charge in [-0.15, -0.1) is 10.2 Å². The van der Waals surface area contributed by atoms with Gasteiger partial charge < -0.3 is 0 Å². The maximum absolute atomic E-state index is 12.8. The number of hydrogen-bond acceptors (Lipinski definition) is 4. The molecule has 0 saturated heterocycles. The van der Waals surface area contributed by atoms with Crippen LogP contribution < -0.4 is 0 Å². The first kappa shape index (κ1) is 13.0. The van der Waals surface area contributed by atoms with Crippen molar-refractivity contribution >= 4 is 0 Å². The number of nitriles is 1. The highest BCUT2D eigenvalue weighted by Crippen LogP contribution is 2.35. The molecule has 19 heavy (non-hydrogen) atoms. The average molecular weight is 267 g/mol. The molecule has 0 aromatic carbocycles. The Morgan fingerprint density at radius 3 is 2.53 bits per heavy atom. The van der Waals surface area contributed by atoms with Gasteiger partial charge in [-0.05, 0) is 18.6 Å². The normalized spacial score (nSPS) is 11.4. The second kappa shape index (κ2) is 4.35. The van der Waals surface area contributed by atoms with Crippen LogP contribution in [0.5, 0.6) is 0 Å². The summed E-state index contributed by atoms with van der Waals surface area (Å²) in [6, 6.07) is 3.16. The zero-order chi connectivity index (χ0) is 14.2. The summed E-state index contributed by atoms with van der Waals surface area (Å²) in [6.07, 6.45) is -3.34. The van der Waals surface area contributed by atoms with Crippen molar-refractivity contribution in [3.8, 4) is 17.3 Å². The summed E-state index contributed by atoms with van der Waals surface area (Å²) in [6.45, 7) is 1.57. The summed E-state index contributed by atoms with van der Waals surface area (Å²) in [5.74, 6) is 0. The molecule has 0 fully saturated rings. The molecule has 2 aromatic heterocycles. The molecule has 2 rings (SSSR count). The van der Waals surface area contributed by atoms with Crippen molar-refractivity contribution in [2.75, 3.05) is 0 Å². The lowest BCUT2D eigenvalue weighted by molar-refractivity contribution is -0.141. The Balaban J connectivity index is 2.63. The highest BCUT2D eigenvalue weighted by molar-refractivity contribution is 5.65. The van der Waals surface area contributed by atoms with Crippen LogP contribution in [0.25, 0.3) is 11.3 Å².